The van der Waals surface area contributed by atoms with Crippen LogP contribution in [0, 0.1) is 0 Å². The van der Waals surface area contributed by atoms with Crippen LogP contribution in [0.3, 0.4) is 0 Å². The van der Waals surface area contributed by atoms with E-state index in [0.717, 1.165) is 0 Å². The van der Waals surface area contributed by atoms with E-state index in [1.165, 1.54) is 0 Å². The number of alkyl halides is 1. The molecule has 0 N–H and O–H groups in total. The highest BCUT2D eigenvalue weighted by Crippen LogP contribution is 2.38. The highest BCUT2D eigenvalue weighted by atomic mass is 127. The van der Waals surface area contributed by atoms with Crippen LogP contribution in [0.5, 0.6) is 0 Å². The summed E-state index contributed by atoms with van der Waals surface area (Å²) >= 11 is 2.06. The topological polar surface area (TPSA) is 69.7 Å². The third-order valence-electron chi connectivity index (χ3n) is 3.70. The smallest absolute Gasteiger partial charge is 0.322 e. The van der Waals surface area contributed by atoms with Crippen molar-refractivity contribution in [2.45, 2.75) is 60.4 Å². The Morgan fingerprint density at radius 1 is 1.50 bits per heavy atom. The lowest BCUT2D eigenvalue weighted by molar-refractivity contribution is -0.156. The molecule has 2 aliphatic rings. The molecule has 7 heteroatoms. The minimum atomic E-state index is -3.43. The average Bonchev–Trinajstić information content (AvgIpc) is 2.54. The van der Waals surface area contributed by atoms with Gasteiger partial charge in [-0.2, -0.15) is 8.42 Å². The van der Waals surface area contributed by atoms with E-state index in [2.05, 4.69) is 22.6 Å². The molecule has 2 rings (SSSR count). The summed E-state index contributed by atoms with van der Waals surface area (Å²) in [5.74, 6) is -0.290. The molecule has 0 aromatic rings. The van der Waals surface area contributed by atoms with Crippen LogP contribution in [0.4, 0.5) is 0 Å². The Balaban J connectivity index is 2.03. The van der Waals surface area contributed by atoms with Crippen LogP contribution in [0.25, 0.3) is 0 Å². The molecular weight excluding hydrogens is 371 g/mol. The predicted octanol–water partition coefficient (Wildman–Crippen LogP) is 1.78. The van der Waals surface area contributed by atoms with Gasteiger partial charge in [-0.15, -0.1) is 0 Å². The normalized spacial score (nSPS) is 36.9. The fraction of sp³-hybridized carbons (Fsp3) is 0.909. The maximum Gasteiger partial charge on any atom is 0.322 e. The lowest BCUT2D eigenvalue weighted by Gasteiger charge is -2.28. The first-order valence-corrected chi connectivity index (χ1v) is 8.63. The molecule has 5 nitrogen and oxygen atoms in total. The zero-order valence-electron chi connectivity index (χ0n) is 10.4. The van der Waals surface area contributed by atoms with Gasteiger partial charge in [0.05, 0.1) is 5.25 Å². The number of ether oxygens (including phenoxy) is 1. The van der Waals surface area contributed by atoms with Gasteiger partial charge in [0.25, 0.3) is 10.1 Å². The first kappa shape index (κ1) is 14.5. The van der Waals surface area contributed by atoms with Crippen LogP contribution < -0.4 is 0 Å². The quantitative estimate of drug-likeness (QED) is 0.319. The van der Waals surface area contributed by atoms with Gasteiger partial charge < -0.3 is 4.74 Å². The van der Waals surface area contributed by atoms with E-state index >= 15 is 0 Å². The number of carbonyl (C=O) groups excluding carboxylic acids is 1. The fourth-order valence-electron chi connectivity index (χ4n) is 2.22. The lowest BCUT2D eigenvalue weighted by Crippen LogP contribution is -2.39. The zero-order chi connectivity index (χ0) is 13.6. The Morgan fingerprint density at radius 3 is 2.78 bits per heavy atom. The first-order chi connectivity index (χ1) is 8.26. The van der Waals surface area contributed by atoms with E-state index < -0.39 is 31.0 Å². The van der Waals surface area contributed by atoms with Gasteiger partial charge in [-0.3, -0.25) is 8.98 Å². The molecular formula is C11H17IO5S. The Hall–Kier alpha value is 0.110. The molecule has 18 heavy (non-hydrogen) atoms. The molecule has 1 aliphatic carbocycles. The second-order valence-electron chi connectivity index (χ2n) is 5.06. The summed E-state index contributed by atoms with van der Waals surface area (Å²) in [6, 6.07) is 0. The standard InChI is InChI=1S/C11H17IO5S/c1-3-11(2,12)10(13)16-8-5-4-7-6-9(8)17-18(7,14)15/h7-9H,3-6H2,1-2H3/t7?,8?,9?,11-/m0/s1. The van der Waals surface area contributed by atoms with Crippen molar-refractivity contribution in [3.05, 3.63) is 0 Å². The van der Waals surface area contributed by atoms with Crippen LogP contribution in [0.1, 0.15) is 39.5 Å². The number of rotatable bonds is 3. The molecule has 2 fully saturated rings. The van der Waals surface area contributed by atoms with Crippen molar-refractivity contribution in [3.8, 4) is 0 Å². The van der Waals surface area contributed by atoms with E-state index in [1.807, 2.05) is 13.8 Å². The second kappa shape index (κ2) is 4.90. The van der Waals surface area contributed by atoms with Gasteiger partial charge in [-0.25, -0.2) is 0 Å². The SMILES string of the molecule is CC[C@](C)(I)C(=O)OC1CCC2CC1OS2(=O)=O. The van der Waals surface area contributed by atoms with Crippen molar-refractivity contribution in [2.75, 3.05) is 0 Å². The van der Waals surface area contributed by atoms with E-state index in [4.69, 9.17) is 8.92 Å². The van der Waals surface area contributed by atoms with E-state index in [9.17, 15) is 13.2 Å². The molecule has 0 aromatic carbocycles. The predicted molar refractivity (Wildman–Crippen MR) is 74.0 cm³/mol. The summed E-state index contributed by atoms with van der Waals surface area (Å²) < 4.78 is 33.0. The van der Waals surface area contributed by atoms with Gasteiger partial charge >= 0.3 is 5.97 Å². The first-order valence-electron chi connectivity index (χ1n) is 6.08. The Labute approximate surface area is 121 Å². The van der Waals surface area contributed by atoms with Crippen LogP contribution in [0.15, 0.2) is 0 Å². The molecule has 1 saturated carbocycles. The van der Waals surface area contributed by atoms with Crippen molar-refractivity contribution < 1.29 is 22.1 Å². The monoisotopic (exact) mass is 388 g/mol. The van der Waals surface area contributed by atoms with Gasteiger partial charge in [0, 0.05) is 0 Å². The lowest BCUT2D eigenvalue weighted by atomic mass is 9.94. The molecule has 4 atom stereocenters. The van der Waals surface area contributed by atoms with Crippen LogP contribution in [0.2, 0.25) is 0 Å². The average molecular weight is 388 g/mol. The Kier molecular flexibility index (Phi) is 3.95. The summed E-state index contributed by atoms with van der Waals surface area (Å²) in [6.45, 7) is 3.73. The molecule has 2 bridgehead atoms. The molecule has 3 unspecified atom stereocenters. The Morgan fingerprint density at radius 2 is 2.17 bits per heavy atom. The van der Waals surface area contributed by atoms with Crippen molar-refractivity contribution >= 4 is 38.7 Å². The van der Waals surface area contributed by atoms with E-state index in [-0.39, 0.29) is 5.97 Å². The van der Waals surface area contributed by atoms with Gasteiger partial charge in [-0.05, 0) is 32.6 Å². The summed E-state index contributed by atoms with van der Waals surface area (Å²) in [5, 5.41) is -0.408. The van der Waals surface area contributed by atoms with E-state index in [1.54, 1.807) is 0 Å². The highest BCUT2D eigenvalue weighted by molar-refractivity contribution is 14.1. The maximum atomic E-state index is 12.0. The number of halogens is 1. The van der Waals surface area contributed by atoms with Gasteiger partial charge in [0.2, 0.25) is 0 Å². The summed E-state index contributed by atoms with van der Waals surface area (Å²) in [6.07, 6.45) is 1.29. The molecule has 0 amide bonds. The third kappa shape index (κ3) is 2.67. The minimum Gasteiger partial charge on any atom is -0.459 e. The molecule has 0 radical (unpaired) electrons. The van der Waals surface area contributed by atoms with Gasteiger partial charge in [0.1, 0.15) is 15.6 Å². The van der Waals surface area contributed by atoms with Gasteiger partial charge in [0.15, 0.2) is 0 Å². The summed E-state index contributed by atoms with van der Waals surface area (Å²) in [5.41, 5.74) is 0. The molecule has 104 valence electrons. The van der Waals surface area contributed by atoms with Crippen LogP contribution >= 0.6 is 22.6 Å². The van der Waals surface area contributed by atoms with Gasteiger partial charge in [-0.1, -0.05) is 29.5 Å². The van der Waals surface area contributed by atoms with Crippen LogP contribution in [-0.4, -0.2) is 35.3 Å². The van der Waals surface area contributed by atoms with Crippen LogP contribution in [-0.2, 0) is 23.8 Å². The maximum absolute atomic E-state index is 12.0. The molecule has 1 aliphatic heterocycles. The summed E-state index contributed by atoms with van der Waals surface area (Å²) in [4.78, 5) is 12.0. The highest BCUT2D eigenvalue weighted by Gasteiger charge is 2.49. The zero-order valence-corrected chi connectivity index (χ0v) is 13.4. The largest absolute Gasteiger partial charge is 0.459 e. The number of esters is 1. The molecule has 0 aromatic heterocycles. The molecule has 0 spiro atoms. The van der Waals surface area contributed by atoms with E-state index in [0.29, 0.717) is 25.7 Å². The van der Waals surface area contributed by atoms with Crippen molar-refractivity contribution in [3.63, 3.8) is 0 Å². The minimum absolute atomic E-state index is 0.290. The summed E-state index contributed by atoms with van der Waals surface area (Å²) in [7, 11) is -3.43. The molecule has 1 saturated heterocycles. The number of fused-ring (bicyclic) bond motifs is 2. The fourth-order valence-corrected chi connectivity index (χ4v) is 3.90. The number of hydrogen-bond donors (Lipinski definition) is 0. The Bertz CT molecular complexity index is 444. The van der Waals surface area contributed by atoms with Crippen molar-refractivity contribution in [2.24, 2.45) is 0 Å². The third-order valence-corrected chi connectivity index (χ3v) is 6.66. The number of carbonyl (C=O) groups is 1. The number of hydrogen-bond acceptors (Lipinski definition) is 5. The second-order valence-corrected chi connectivity index (χ2v) is 9.28. The van der Waals surface area contributed by atoms with Crippen molar-refractivity contribution in [1.82, 2.24) is 0 Å². The molecule has 1 heterocycles. The van der Waals surface area contributed by atoms with Crippen molar-refractivity contribution in [1.29, 1.82) is 0 Å².